The van der Waals surface area contributed by atoms with Gasteiger partial charge in [-0.05, 0) is 37.2 Å². The molecule has 5 rings (SSSR count). The maximum Gasteiger partial charge on any atom is 0.263 e. The molecule has 0 spiro atoms. The topological polar surface area (TPSA) is 55.2 Å². The summed E-state index contributed by atoms with van der Waals surface area (Å²) in [5.74, 6) is 1.46. The average Bonchev–Trinajstić information content (AvgIpc) is 3.12. The van der Waals surface area contributed by atoms with Crippen LogP contribution in [0.4, 0.5) is 0 Å². The van der Waals surface area contributed by atoms with Gasteiger partial charge >= 0.3 is 0 Å². The van der Waals surface area contributed by atoms with Gasteiger partial charge in [-0.15, -0.1) is 11.3 Å². The number of carbonyl (C=O) groups is 1. The number of hydrogen-bond donors (Lipinski definition) is 0. The molecule has 1 saturated heterocycles. The third-order valence-electron chi connectivity index (χ3n) is 6.87. The summed E-state index contributed by atoms with van der Waals surface area (Å²) in [5, 5.41) is 0.630. The molecule has 2 aromatic heterocycles. The molecule has 0 unspecified atom stereocenters. The minimum absolute atomic E-state index is 0.0375. The maximum absolute atomic E-state index is 13.3. The smallest absolute Gasteiger partial charge is 0.263 e. The van der Waals surface area contributed by atoms with Crippen molar-refractivity contribution in [1.29, 1.82) is 0 Å². The van der Waals surface area contributed by atoms with Crippen molar-refractivity contribution in [2.45, 2.75) is 45.6 Å². The molecule has 30 heavy (non-hydrogen) atoms. The zero-order chi connectivity index (χ0) is 20.7. The second kappa shape index (κ2) is 7.99. The van der Waals surface area contributed by atoms with E-state index in [9.17, 15) is 9.59 Å². The lowest BCUT2D eigenvalue weighted by Gasteiger charge is -2.41. The van der Waals surface area contributed by atoms with Gasteiger partial charge in [0.2, 0.25) is 5.91 Å². The molecule has 1 aliphatic carbocycles. The number of carbonyl (C=O) groups excluding carboxylic acids is 1. The minimum atomic E-state index is -0.121. The lowest BCUT2D eigenvalue weighted by molar-refractivity contribution is -0.135. The summed E-state index contributed by atoms with van der Waals surface area (Å²) in [6.07, 6.45) is 7.80. The van der Waals surface area contributed by atoms with E-state index in [-0.39, 0.29) is 18.0 Å². The largest absolute Gasteiger partial charge is 0.341 e. The van der Waals surface area contributed by atoms with E-state index in [4.69, 9.17) is 0 Å². The summed E-state index contributed by atoms with van der Waals surface area (Å²) >= 11 is 1.54. The van der Waals surface area contributed by atoms with Crippen molar-refractivity contribution in [3.05, 3.63) is 51.9 Å². The first kappa shape index (κ1) is 19.5. The fraction of sp³-hybridized carbons (Fsp3) is 0.458. The summed E-state index contributed by atoms with van der Waals surface area (Å²) in [6, 6.07) is 9.96. The molecule has 1 aromatic carbocycles. The molecule has 0 bridgehead atoms. The van der Waals surface area contributed by atoms with Crippen LogP contribution >= 0.6 is 11.3 Å². The van der Waals surface area contributed by atoms with Gasteiger partial charge in [0.25, 0.3) is 5.56 Å². The number of aromatic nitrogens is 2. The van der Waals surface area contributed by atoms with Crippen molar-refractivity contribution in [2.24, 2.45) is 11.8 Å². The molecule has 0 radical (unpaired) electrons. The van der Waals surface area contributed by atoms with E-state index in [1.54, 1.807) is 6.33 Å². The van der Waals surface area contributed by atoms with E-state index in [0.29, 0.717) is 11.3 Å². The van der Waals surface area contributed by atoms with E-state index in [1.807, 2.05) is 42.2 Å². The predicted octanol–water partition coefficient (Wildman–Crippen LogP) is 4.47. The Labute approximate surface area is 180 Å². The van der Waals surface area contributed by atoms with E-state index >= 15 is 0 Å². The maximum atomic E-state index is 13.3. The second-order valence-corrected chi connectivity index (χ2v) is 9.89. The average molecular weight is 422 g/mol. The zero-order valence-corrected chi connectivity index (χ0v) is 18.2. The van der Waals surface area contributed by atoms with Crippen LogP contribution in [0.2, 0.25) is 0 Å². The number of fused-ring (bicyclic) bond motifs is 2. The molecule has 1 aliphatic heterocycles. The SMILES string of the molecule is Cc1sc2ncn(CC(=O)N3CC[C@H]4CCCC[C@H]4C3)c(=O)c2c1-c1ccccc1. The number of rotatable bonds is 3. The molecule has 2 atom stereocenters. The van der Waals surface area contributed by atoms with Gasteiger partial charge in [0.1, 0.15) is 11.4 Å². The second-order valence-electron chi connectivity index (χ2n) is 8.69. The van der Waals surface area contributed by atoms with Crippen molar-refractivity contribution in [1.82, 2.24) is 14.5 Å². The third-order valence-corrected chi connectivity index (χ3v) is 7.88. The Morgan fingerprint density at radius 1 is 1.13 bits per heavy atom. The van der Waals surface area contributed by atoms with Crippen LogP contribution in [0.15, 0.2) is 41.5 Å². The van der Waals surface area contributed by atoms with Crippen LogP contribution in [-0.2, 0) is 11.3 Å². The molecule has 0 N–H and O–H groups in total. The van der Waals surface area contributed by atoms with Crippen LogP contribution in [0.3, 0.4) is 0 Å². The van der Waals surface area contributed by atoms with Crippen LogP contribution in [0.25, 0.3) is 21.3 Å². The molecule has 2 fully saturated rings. The van der Waals surface area contributed by atoms with Crippen LogP contribution in [0.5, 0.6) is 0 Å². The van der Waals surface area contributed by atoms with Crippen LogP contribution in [-0.4, -0.2) is 33.4 Å². The van der Waals surface area contributed by atoms with E-state index < -0.39 is 0 Å². The van der Waals surface area contributed by atoms with Gasteiger partial charge in [-0.3, -0.25) is 14.2 Å². The van der Waals surface area contributed by atoms with Crippen molar-refractivity contribution >= 4 is 27.5 Å². The van der Waals surface area contributed by atoms with Gasteiger partial charge in [0.15, 0.2) is 0 Å². The molecule has 156 valence electrons. The van der Waals surface area contributed by atoms with Crippen molar-refractivity contribution in [3.8, 4) is 11.1 Å². The Balaban J connectivity index is 1.43. The molecule has 1 saturated carbocycles. The van der Waals surface area contributed by atoms with Gasteiger partial charge in [-0.25, -0.2) is 4.98 Å². The molecule has 2 aliphatic rings. The van der Waals surface area contributed by atoms with E-state index in [1.165, 1.54) is 41.6 Å². The number of thiophene rings is 1. The summed E-state index contributed by atoms with van der Waals surface area (Å²) in [7, 11) is 0. The summed E-state index contributed by atoms with van der Waals surface area (Å²) < 4.78 is 1.50. The lowest BCUT2D eigenvalue weighted by Crippen LogP contribution is -2.46. The molecule has 3 aromatic rings. The highest BCUT2D eigenvalue weighted by molar-refractivity contribution is 7.19. The Kier molecular flexibility index (Phi) is 5.19. The summed E-state index contributed by atoms with van der Waals surface area (Å²) in [5.41, 5.74) is 1.84. The number of nitrogens with zero attached hydrogens (tertiary/aromatic N) is 3. The predicted molar refractivity (Wildman–Crippen MR) is 121 cm³/mol. The normalized spacial score (nSPS) is 21.6. The Bertz CT molecular complexity index is 1130. The monoisotopic (exact) mass is 421 g/mol. The Morgan fingerprint density at radius 3 is 2.70 bits per heavy atom. The number of aryl methyl sites for hydroxylation is 1. The molecule has 3 heterocycles. The highest BCUT2D eigenvalue weighted by Gasteiger charge is 2.33. The zero-order valence-electron chi connectivity index (χ0n) is 17.3. The molecule has 1 amide bonds. The highest BCUT2D eigenvalue weighted by Crippen LogP contribution is 2.37. The Morgan fingerprint density at radius 2 is 1.90 bits per heavy atom. The number of piperidine rings is 1. The number of likely N-dealkylation sites (tertiary alicyclic amines) is 1. The summed E-state index contributed by atoms with van der Waals surface area (Å²) in [4.78, 5) is 34.7. The first-order chi connectivity index (χ1) is 14.6. The van der Waals surface area contributed by atoms with Crippen LogP contribution in [0.1, 0.15) is 37.0 Å². The minimum Gasteiger partial charge on any atom is -0.341 e. The van der Waals surface area contributed by atoms with Gasteiger partial charge in [-0.2, -0.15) is 0 Å². The summed E-state index contributed by atoms with van der Waals surface area (Å²) in [6.45, 7) is 3.76. The first-order valence-electron chi connectivity index (χ1n) is 10.9. The molecule has 5 nitrogen and oxygen atoms in total. The first-order valence-corrected chi connectivity index (χ1v) is 11.7. The van der Waals surface area contributed by atoms with E-state index in [2.05, 4.69) is 4.98 Å². The van der Waals surface area contributed by atoms with Crippen molar-refractivity contribution in [2.75, 3.05) is 13.1 Å². The van der Waals surface area contributed by atoms with Crippen molar-refractivity contribution in [3.63, 3.8) is 0 Å². The van der Waals surface area contributed by atoms with E-state index in [0.717, 1.165) is 46.3 Å². The third kappa shape index (κ3) is 3.47. The fourth-order valence-corrected chi connectivity index (χ4v) is 6.28. The van der Waals surface area contributed by atoms with Gasteiger partial charge in [0, 0.05) is 23.5 Å². The van der Waals surface area contributed by atoms with Crippen LogP contribution < -0.4 is 5.56 Å². The molecular weight excluding hydrogens is 394 g/mol. The standard InChI is InChI=1S/C24H27N3O2S/c1-16-21(18-8-3-2-4-9-18)22-23(30-16)25-15-27(24(22)29)14-20(28)26-12-11-17-7-5-6-10-19(17)13-26/h2-4,8-9,15,17,19H,5-7,10-14H2,1H3/t17-,19+/m1/s1. The highest BCUT2D eigenvalue weighted by atomic mass is 32.1. The molecular formula is C24H27N3O2S. The van der Waals surface area contributed by atoms with Gasteiger partial charge in [-0.1, -0.05) is 49.6 Å². The van der Waals surface area contributed by atoms with Crippen molar-refractivity contribution < 1.29 is 4.79 Å². The van der Waals surface area contributed by atoms with Gasteiger partial charge in [0.05, 0.1) is 11.7 Å². The number of amides is 1. The molecule has 6 heteroatoms. The quantitative estimate of drug-likeness (QED) is 0.627. The Hall–Kier alpha value is -2.47. The number of hydrogen-bond acceptors (Lipinski definition) is 4. The fourth-order valence-electron chi connectivity index (χ4n) is 5.28. The van der Waals surface area contributed by atoms with Crippen LogP contribution in [0, 0.1) is 18.8 Å². The number of benzene rings is 1. The van der Waals surface area contributed by atoms with Gasteiger partial charge < -0.3 is 4.90 Å². The lowest BCUT2D eigenvalue weighted by atomic mass is 9.75.